The van der Waals surface area contributed by atoms with Gasteiger partial charge < -0.3 is 14.4 Å². The van der Waals surface area contributed by atoms with Crippen LogP contribution < -0.4 is 0 Å². The molecule has 0 N–H and O–H groups in total. The Balaban J connectivity index is 1.30. The van der Waals surface area contributed by atoms with E-state index in [1.165, 1.54) is 15.3 Å². The van der Waals surface area contributed by atoms with Crippen LogP contribution in [-0.2, 0) is 26.3 Å². The molecule has 5 rings (SSSR count). The van der Waals surface area contributed by atoms with Gasteiger partial charge in [-0.1, -0.05) is 0 Å². The average molecular weight is 414 g/mol. The molecule has 2 saturated heterocycles. The highest BCUT2D eigenvalue weighted by atomic mass is 32.1. The van der Waals surface area contributed by atoms with Crippen LogP contribution in [0, 0.1) is 0 Å². The molecule has 152 valence electrons. The molecule has 2 fully saturated rings. The number of carbonyl (C=O) groups excluding carboxylic acids is 2. The number of cyclic esters (lactones) is 1. The van der Waals surface area contributed by atoms with Crippen LogP contribution in [-0.4, -0.2) is 71.2 Å². The molecule has 0 saturated carbocycles. The lowest BCUT2D eigenvalue weighted by Gasteiger charge is -2.43. The fraction of sp³-hybridized carbons (Fsp3) is 0.500. The Bertz CT molecular complexity index is 924. The number of carbonyl (C=O) groups is 2. The maximum absolute atomic E-state index is 12.6. The molecule has 9 heteroatoms. The van der Waals surface area contributed by atoms with Gasteiger partial charge in [0.25, 0.3) is 0 Å². The van der Waals surface area contributed by atoms with Gasteiger partial charge in [0.15, 0.2) is 0 Å². The number of thiophene rings is 1. The summed E-state index contributed by atoms with van der Waals surface area (Å²) in [6.07, 6.45) is 7.19. The topological polar surface area (TPSA) is 84.9 Å². The molecular weight excluding hydrogens is 392 g/mol. The maximum atomic E-state index is 12.6. The largest absolute Gasteiger partial charge is 0.448 e. The molecular formula is C20H22N4O4S. The Morgan fingerprint density at radius 3 is 2.79 bits per heavy atom. The molecule has 0 bridgehead atoms. The first kappa shape index (κ1) is 18.5. The molecule has 3 aliphatic heterocycles. The van der Waals surface area contributed by atoms with Crippen LogP contribution in [0.1, 0.15) is 23.3 Å². The zero-order valence-corrected chi connectivity index (χ0v) is 16.8. The summed E-state index contributed by atoms with van der Waals surface area (Å²) in [5.41, 5.74) is 1.87. The third-order valence-electron chi connectivity index (χ3n) is 5.88. The highest BCUT2D eigenvalue weighted by Gasteiger charge is 2.43. The molecule has 8 nitrogen and oxygen atoms in total. The van der Waals surface area contributed by atoms with Crippen molar-refractivity contribution in [1.29, 1.82) is 0 Å². The average Bonchev–Trinajstić information content (AvgIpc) is 3.37. The van der Waals surface area contributed by atoms with Crippen molar-refractivity contribution in [2.45, 2.75) is 24.9 Å². The Labute approximate surface area is 172 Å². The summed E-state index contributed by atoms with van der Waals surface area (Å²) in [4.78, 5) is 38.5. The van der Waals surface area contributed by atoms with Gasteiger partial charge in [0.2, 0.25) is 5.91 Å². The Hall–Kier alpha value is -2.52. The molecule has 2 aromatic rings. The number of fused-ring (bicyclic) bond motifs is 2. The number of amides is 2. The first-order chi connectivity index (χ1) is 14.1. The normalized spacial score (nSPS) is 20.6. The van der Waals surface area contributed by atoms with Crippen LogP contribution in [0.15, 0.2) is 24.7 Å². The summed E-state index contributed by atoms with van der Waals surface area (Å²) in [5, 5.41) is 0. The van der Waals surface area contributed by atoms with Gasteiger partial charge in [-0.15, -0.1) is 11.3 Å². The van der Waals surface area contributed by atoms with E-state index in [2.05, 4.69) is 16.0 Å². The second kappa shape index (κ2) is 7.38. The summed E-state index contributed by atoms with van der Waals surface area (Å²) in [7, 11) is 0. The number of hydrogen-bond donors (Lipinski definition) is 0. The van der Waals surface area contributed by atoms with Gasteiger partial charge in [-0.05, 0) is 30.9 Å². The number of aromatic nitrogens is 2. The molecule has 0 unspecified atom stereocenters. The molecule has 5 heterocycles. The molecule has 0 atom stereocenters. The lowest BCUT2D eigenvalue weighted by atomic mass is 9.85. The Morgan fingerprint density at radius 1 is 1.21 bits per heavy atom. The van der Waals surface area contributed by atoms with Crippen molar-refractivity contribution < 1.29 is 19.1 Å². The van der Waals surface area contributed by atoms with Gasteiger partial charge in [-0.3, -0.25) is 19.7 Å². The number of nitrogens with zero attached hydrogens (tertiary/aromatic N) is 4. The fourth-order valence-electron chi connectivity index (χ4n) is 4.30. The standard InChI is InChI=1S/C20H22N4O4S/c25-17(13-24-8-10-27-19(24)26)23-6-2-20(3-7-23)18-14(1-9-28-20)11-16(29-18)15-12-21-4-5-22-15/h4-5,11-12H,1-3,6-10,13H2. The summed E-state index contributed by atoms with van der Waals surface area (Å²) >= 11 is 1.73. The Morgan fingerprint density at radius 2 is 2.07 bits per heavy atom. The van der Waals surface area contributed by atoms with Crippen molar-refractivity contribution in [3.8, 4) is 10.6 Å². The zero-order valence-electron chi connectivity index (χ0n) is 16.0. The third kappa shape index (κ3) is 3.38. The van der Waals surface area contributed by atoms with E-state index in [0.29, 0.717) is 32.8 Å². The second-order valence-electron chi connectivity index (χ2n) is 7.57. The van der Waals surface area contributed by atoms with Gasteiger partial charge in [0.05, 0.1) is 29.9 Å². The van der Waals surface area contributed by atoms with Crippen molar-refractivity contribution in [3.05, 3.63) is 35.1 Å². The van der Waals surface area contributed by atoms with Crippen LogP contribution in [0.25, 0.3) is 10.6 Å². The van der Waals surface area contributed by atoms with Crippen LogP contribution in [0.3, 0.4) is 0 Å². The quantitative estimate of drug-likeness (QED) is 0.764. The lowest BCUT2D eigenvalue weighted by molar-refractivity contribution is -0.140. The maximum Gasteiger partial charge on any atom is 0.410 e. The molecule has 0 aromatic carbocycles. The van der Waals surface area contributed by atoms with Crippen molar-refractivity contribution in [2.75, 3.05) is 39.4 Å². The minimum absolute atomic E-state index is 0.0267. The van der Waals surface area contributed by atoms with E-state index in [1.54, 1.807) is 29.9 Å². The van der Waals surface area contributed by atoms with Crippen LogP contribution >= 0.6 is 11.3 Å². The number of rotatable bonds is 3. The molecule has 0 aliphatic carbocycles. The SMILES string of the molecule is O=C(CN1CCOC1=O)N1CCC2(CC1)OCCc1cc(-c3cnccn3)sc12. The molecule has 2 aromatic heterocycles. The van der Waals surface area contributed by atoms with E-state index in [1.807, 2.05) is 4.90 Å². The van der Waals surface area contributed by atoms with E-state index in [4.69, 9.17) is 9.47 Å². The summed E-state index contributed by atoms with van der Waals surface area (Å²) in [6.45, 7) is 2.87. The third-order valence-corrected chi connectivity index (χ3v) is 7.27. The monoisotopic (exact) mass is 414 g/mol. The van der Waals surface area contributed by atoms with Crippen LogP contribution in [0.4, 0.5) is 4.79 Å². The Kier molecular flexibility index (Phi) is 4.71. The predicted octanol–water partition coefficient (Wildman–Crippen LogP) is 2.05. The van der Waals surface area contributed by atoms with Crippen molar-refractivity contribution in [2.24, 2.45) is 0 Å². The highest BCUT2D eigenvalue weighted by Crippen LogP contribution is 2.47. The van der Waals surface area contributed by atoms with E-state index >= 15 is 0 Å². The van der Waals surface area contributed by atoms with Gasteiger partial charge >= 0.3 is 6.09 Å². The van der Waals surface area contributed by atoms with Crippen molar-refractivity contribution >= 4 is 23.3 Å². The predicted molar refractivity (Wildman–Crippen MR) is 105 cm³/mol. The molecule has 1 spiro atoms. The van der Waals surface area contributed by atoms with E-state index in [9.17, 15) is 9.59 Å². The minimum atomic E-state index is -0.401. The first-order valence-corrected chi connectivity index (χ1v) is 10.7. The molecule has 3 aliphatic rings. The summed E-state index contributed by atoms with van der Waals surface area (Å²) in [6, 6.07) is 2.21. The second-order valence-corrected chi connectivity index (χ2v) is 8.62. The van der Waals surface area contributed by atoms with Crippen molar-refractivity contribution in [3.63, 3.8) is 0 Å². The van der Waals surface area contributed by atoms with Gasteiger partial charge in [-0.25, -0.2) is 4.79 Å². The lowest BCUT2D eigenvalue weighted by Crippen LogP contribution is -2.50. The van der Waals surface area contributed by atoms with Crippen LogP contribution in [0.2, 0.25) is 0 Å². The molecule has 29 heavy (non-hydrogen) atoms. The number of piperidine rings is 1. The summed E-state index contributed by atoms with van der Waals surface area (Å²) < 4.78 is 11.2. The number of likely N-dealkylation sites (tertiary alicyclic amines) is 1. The summed E-state index contributed by atoms with van der Waals surface area (Å²) in [5.74, 6) is -0.0267. The number of ether oxygens (including phenoxy) is 2. The first-order valence-electron chi connectivity index (χ1n) is 9.88. The van der Waals surface area contributed by atoms with Gasteiger partial charge in [-0.2, -0.15) is 0 Å². The molecule has 0 radical (unpaired) electrons. The smallest absolute Gasteiger partial charge is 0.410 e. The highest BCUT2D eigenvalue weighted by molar-refractivity contribution is 7.15. The molecule has 2 amide bonds. The van der Waals surface area contributed by atoms with Gasteiger partial charge in [0.1, 0.15) is 18.8 Å². The zero-order chi connectivity index (χ0) is 19.8. The fourth-order valence-corrected chi connectivity index (χ4v) is 5.67. The van der Waals surface area contributed by atoms with Crippen molar-refractivity contribution in [1.82, 2.24) is 19.8 Å². The minimum Gasteiger partial charge on any atom is -0.448 e. The van der Waals surface area contributed by atoms with E-state index < -0.39 is 6.09 Å². The van der Waals surface area contributed by atoms with Gasteiger partial charge in [0, 0.05) is 30.4 Å². The van der Waals surface area contributed by atoms with E-state index in [-0.39, 0.29) is 18.1 Å². The number of hydrogen-bond acceptors (Lipinski definition) is 7. The van der Waals surface area contributed by atoms with Crippen LogP contribution in [0.5, 0.6) is 0 Å². The van der Waals surface area contributed by atoms with E-state index in [0.717, 1.165) is 29.8 Å².